The molecule has 2 aliphatic rings. The molecule has 1 aliphatic heterocycles. The van der Waals surface area contributed by atoms with Gasteiger partial charge in [0.2, 0.25) is 0 Å². The number of fused-ring (bicyclic) bond motifs is 1. The number of nitrogens with two attached hydrogens (primary N) is 1. The zero-order valence-electron chi connectivity index (χ0n) is 16.9. The molecule has 1 aliphatic carbocycles. The molecule has 4 rings (SSSR count). The van der Waals surface area contributed by atoms with E-state index >= 15 is 0 Å². The molecule has 0 spiro atoms. The third-order valence-electron chi connectivity index (χ3n) is 6.26. The predicted octanol–water partition coefficient (Wildman–Crippen LogP) is 3.64. The first-order valence-electron chi connectivity index (χ1n) is 10.2. The maximum Gasteiger partial charge on any atom is 0.391 e. The number of amides is 1. The number of nitrogens with one attached hydrogen (secondary N) is 1. The molecule has 2 aromatic rings. The molecule has 1 saturated carbocycles. The highest BCUT2D eigenvalue weighted by atomic mass is 19.4. The smallest absolute Gasteiger partial charge is 0.391 e. The molecule has 9 heteroatoms. The number of anilines is 2. The number of alkyl halides is 3. The average Bonchev–Trinajstić information content (AvgIpc) is 3.17. The molecule has 30 heavy (non-hydrogen) atoms. The van der Waals surface area contributed by atoms with Crippen molar-refractivity contribution < 1.29 is 18.0 Å². The summed E-state index contributed by atoms with van der Waals surface area (Å²) in [5.41, 5.74) is 9.79. The van der Waals surface area contributed by atoms with Crippen molar-refractivity contribution in [1.29, 1.82) is 0 Å². The Morgan fingerprint density at radius 3 is 2.63 bits per heavy atom. The van der Waals surface area contributed by atoms with Gasteiger partial charge in [0.05, 0.1) is 35.7 Å². The van der Waals surface area contributed by atoms with E-state index in [1.165, 1.54) is 0 Å². The zero-order chi connectivity index (χ0) is 21.5. The fourth-order valence-corrected chi connectivity index (χ4v) is 4.37. The van der Waals surface area contributed by atoms with Crippen LogP contribution in [0.4, 0.5) is 24.5 Å². The van der Waals surface area contributed by atoms with Gasteiger partial charge in [-0.25, -0.2) is 4.98 Å². The van der Waals surface area contributed by atoms with Crippen LogP contribution >= 0.6 is 0 Å². The summed E-state index contributed by atoms with van der Waals surface area (Å²) < 4.78 is 40.8. The molecule has 0 radical (unpaired) electrons. The Kier molecular flexibility index (Phi) is 5.38. The highest BCUT2D eigenvalue weighted by molar-refractivity contribution is 6.01. The van der Waals surface area contributed by atoms with Crippen molar-refractivity contribution in [3.63, 3.8) is 0 Å². The molecule has 0 atom stereocenters. The fraction of sp³-hybridized carbons (Fsp3) is 0.524. The van der Waals surface area contributed by atoms with E-state index in [-0.39, 0.29) is 24.8 Å². The molecule has 0 unspecified atom stereocenters. The maximum absolute atomic E-state index is 13.1. The van der Waals surface area contributed by atoms with Gasteiger partial charge < -0.3 is 20.5 Å². The van der Waals surface area contributed by atoms with Crippen molar-refractivity contribution in [2.24, 2.45) is 5.92 Å². The second-order valence-corrected chi connectivity index (χ2v) is 8.29. The second kappa shape index (κ2) is 7.85. The molecule has 0 bridgehead atoms. The largest absolute Gasteiger partial charge is 0.398 e. The molecule has 0 saturated heterocycles. The summed E-state index contributed by atoms with van der Waals surface area (Å²) in [6, 6.07) is 3.33. The monoisotopic (exact) mass is 421 g/mol. The second-order valence-electron chi connectivity index (χ2n) is 8.29. The highest BCUT2D eigenvalue weighted by Gasteiger charge is 2.41. The van der Waals surface area contributed by atoms with Gasteiger partial charge in [-0.3, -0.25) is 4.79 Å². The number of rotatable bonds is 3. The van der Waals surface area contributed by atoms with E-state index in [0.717, 1.165) is 30.0 Å². The number of imidazole rings is 1. The fourth-order valence-electron chi connectivity index (χ4n) is 4.37. The molecular weight excluding hydrogens is 395 g/mol. The number of aromatic nitrogens is 2. The third kappa shape index (κ3) is 4.11. The number of carbonyl (C=O) groups excluding carboxylic acids is 1. The van der Waals surface area contributed by atoms with Crippen molar-refractivity contribution in [3.8, 4) is 0 Å². The van der Waals surface area contributed by atoms with Crippen LogP contribution in [0, 0.1) is 12.8 Å². The summed E-state index contributed by atoms with van der Waals surface area (Å²) in [5.74, 6) is -1.55. The molecule has 3 N–H and O–H groups in total. The highest BCUT2D eigenvalue weighted by Crippen LogP contribution is 2.38. The first-order chi connectivity index (χ1) is 14.2. The van der Waals surface area contributed by atoms with E-state index in [0.29, 0.717) is 30.6 Å². The number of hydrogen-bond donors (Lipinski definition) is 2. The van der Waals surface area contributed by atoms with Gasteiger partial charge in [-0.2, -0.15) is 13.2 Å². The van der Waals surface area contributed by atoms with E-state index in [1.54, 1.807) is 12.4 Å². The van der Waals surface area contributed by atoms with Gasteiger partial charge in [-0.1, -0.05) is 0 Å². The summed E-state index contributed by atoms with van der Waals surface area (Å²) in [6.07, 6.45) is 0.210. The number of benzene rings is 1. The molecule has 162 valence electrons. The van der Waals surface area contributed by atoms with Crippen LogP contribution in [0.15, 0.2) is 24.7 Å². The number of nitrogens with zero attached hydrogens (tertiary/aromatic N) is 3. The Morgan fingerprint density at radius 1 is 1.20 bits per heavy atom. The Hall–Kier alpha value is -2.71. The van der Waals surface area contributed by atoms with Crippen LogP contribution in [0.2, 0.25) is 0 Å². The van der Waals surface area contributed by atoms with Crippen molar-refractivity contribution in [2.45, 2.75) is 57.9 Å². The van der Waals surface area contributed by atoms with Gasteiger partial charge in [0.15, 0.2) is 0 Å². The van der Waals surface area contributed by atoms with Gasteiger partial charge in [0.1, 0.15) is 0 Å². The van der Waals surface area contributed by atoms with Gasteiger partial charge >= 0.3 is 6.18 Å². The number of carbonyl (C=O) groups is 1. The van der Waals surface area contributed by atoms with E-state index in [4.69, 9.17) is 5.73 Å². The van der Waals surface area contributed by atoms with Gasteiger partial charge in [0.25, 0.3) is 5.91 Å². The Bertz CT molecular complexity index is 931. The predicted molar refractivity (Wildman–Crippen MR) is 108 cm³/mol. The molecule has 1 amide bonds. The van der Waals surface area contributed by atoms with Crippen LogP contribution in [-0.2, 0) is 13.1 Å². The van der Waals surface area contributed by atoms with Crippen LogP contribution < -0.4 is 16.0 Å². The lowest BCUT2D eigenvalue weighted by atomic mass is 9.85. The van der Waals surface area contributed by atoms with Crippen molar-refractivity contribution in [3.05, 3.63) is 41.5 Å². The van der Waals surface area contributed by atoms with Gasteiger partial charge in [-0.15, -0.1) is 0 Å². The SMILES string of the molecule is Cc1cc(N2CCn3cncc3C2)c(C(=O)NC2CCC(C(F)(F)F)CC2)cc1N. The van der Waals surface area contributed by atoms with Gasteiger partial charge in [-0.05, 0) is 50.3 Å². The van der Waals surface area contributed by atoms with E-state index in [1.807, 2.05) is 19.2 Å². The molecule has 1 aromatic heterocycles. The van der Waals surface area contributed by atoms with Crippen LogP contribution in [0.25, 0.3) is 0 Å². The Balaban J connectivity index is 1.51. The van der Waals surface area contributed by atoms with E-state index in [9.17, 15) is 18.0 Å². The quantitative estimate of drug-likeness (QED) is 0.742. The molecule has 2 heterocycles. The normalized spacial score (nSPS) is 21.9. The molecular formula is C21H26F3N5O. The van der Waals surface area contributed by atoms with Crippen LogP contribution in [0.5, 0.6) is 0 Å². The summed E-state index contributed by atoms with van der Waals surface area (Å²) in [4.78, 5) is 19.4. The molecule has 1 aromatic carbocycles. The topological polar surface area (TPSA) is 76.2 Å². The van der Waals surface area contributed by atoms with Crippen LogP contribution in [-0.4, -0.2) is 34.2 Å². The first kappa shape index (κ1) is 20.6. The zero-order valence-corrected chi connectivity index (χ0v) is 16.9. The summed E-state index contributed by atoms with van der Waals surface area (Å²) in [6.45, 7) is 4.01. The number of halogens is 3. The number of aryl methyl sites for hydroxylation is 1. The summed E-state index contributed by atoms with van der Waals surface area (Å²) in [5, 5.41) is 2.94. The van der Waals surface area contributed by atoms with Crippen molar-refractivity contribution >= 4 is 17.3 Å². The summed E-state index contributed by atoms with van der Waals surface area (Å²) >= 11 is 0. The Labute approximate surface area is 173 Å². The molecule has 6 nitrogen and oxygen atoms in total. The maximum atomic E-state index is 13.1. The lowest BCUT2D eigenvalue weighted by Crippen LogP contribution is -2.41. The lowest BCUT2D eigenvalue weighted by molar-refractivity contribution is -0.182. The minimum absolute atomic E-state index is 0.0491. The molecule has 1 fully saturated rings. The minimum atomic E-state index is -4.16. The minimum Gasteiger partial charge on any atom is -0.398 e. The first-order valence-corrected chi connectivity index (χ1v) is 10.2. The number of nitrogen functional groups attached to an aromatic ring is 1. The lowest BCUT2D eigenvalue weighted by Gasteiger charge is -2.33. The number of hydrogen-bond acceptors (Lipinski definition) is 4. The van der Waals surface area contributed by atoms with Crippen LogP contribution in [0.1, 0.15) is 47.3 Å². The van der Waals surface area contributed by atoms with E-state index < -0.39 is 12.1 Å². The third-order valence-corrected chi connectivity index (χ3v) is 6.26. The Morgan fingerprint density at radius 2 is 1.93 bits per heavy atom. The van der Waals surface area contributed by atoms with E-state index in [2.05, 4.69) is 19.8 Å². The summed E-state index contributed by atoms with van der Waals surface area (Å²) in [7, 11) is 0. The van der Waals surface area contributed by atoms with Crippen LogP contribution in [0.3, 0.4) is 0 Å². The average molecular weight is 421 g/mol. The van der Waals surface area contributed by atoms with Gasteiger partial charge in [0, 0.05) is 31.0 Å². The van der Waals surface area contributed by atoms with Crippen molar-refractivity contribution in [2.75, 3.05) is 17.2 Å². The standard InChI is InChI=1S/C21H26F3N5O/c1-13-8-19(28-6-7-29-12-26-10-16(29)11-28)17(9-18(13)25)20(30)27-15-4-2-14(3-5-15)21(22,23)24/h8-10,12,14-15H,2-7,11,25H2,1H3,(H,27,30). The van der Waals surface area contributed by atoms with Crippen molar-refractivity contribution in [1.82, 2.24) is 14.9 Å².